The van der Waals surface area contributed by atoms with Gasteiger partial charge in [0.25, 0.3) is 0 Å². The molecule has 0 saturated carbocycles. The number of hydrogen-bond donors (Lipinski definition) is 1. The van der Waals surface area contributed by atoms with E-state index >= 15 is 0 Å². The summed E-state index contributed by atoms with van der Waals surface area (Å²) in [5, 5.41) is 9.34. The van der Waals surface area contributed by atoms with Gasteiger partial charge in [-0.15, -0.1) is 0 Å². The SMILES string of the molecule is C=C1CCN(c2nn(C)c3cc(C4CCN(CC5CCN(C)CC5)CC4)ccc23)C(=C)N1. The summed E-state index contributed by atoms with van der Waals surface area (Å²) >= 11 is 0. The zero-order valence-electron chi connectivity index (χ0n) is 19.8. The summed E-state index contributed by atoms with van der Waals surface area (Å²) in [6.07, 6.45) is 6.16. The molecule has 172 valence electrons. The Morgan fingerprint density at radius 2 is 1.75 bits per heavy atom. The molecule has 1 aromatic heterocycles. The van der Waals surface area contributed by atoms with Crippen molar-refractivity contribution in [2.45, 2.75) is 38.0 Å². The van der Waals surface area contributed by atoms with Crippen molar-refractivity contribution in [1.29, 1.82) is 0 Å². The monoisotopic (exact) mass is 434 g/mol. The van der Waals surface area contributed by atoms with Crippen molar-refractivity contribution in [1.82, 2.24) is 24.9 Å². The molecule has 0 radical (unpaired) electrons. The largest absolute Gasteiger partial charge is 0.346 e. The van der Waals surface area contributed by atoms with E-state index in [9.17, 15) is 0 Å². The summed E-state index contributed by atoms with van der Waals surface area (Å²) in [5.41, 5.74) is 3.70. The highest BCUT2D eigenvalue weighted by atomic mass is 15.4. The lowest BCUT2D eigenvalue weighted by Crippen LogP contribution is -2.40. The van der Waals surface area contributed by atoms with Gasteiger partial charge in [0.15, 0.2) is 5.82 Å². The predicted molar refractivity (Wildman–Crippen MR) is 133 cm³/mol. The van der Waals surface area contributed by atoms with Crippen LogP contribution in [0, 0.1) is 5.92 Å². The van der Waals surface area contributed by atoms with E-state index in [0.717, 1.165) is 36.2 Å². The third-order valence-electron chi connectivity index (χ3n) is 7.81. The fourth-order valence-corrected chi connectivity index (χ4v) is 5.72. The van der Waals surface area contributed by atoms with E-state index in [1.54, 1.807) is 0 Å². The summed E-state index contributed by atoms with van der Waals surface area (Å²) < 4.78 is 2.03. The van der Waals surface area contributed by atoms with Crippen LogP contribution in [0.1, 0.15) is 43.6 Å². The van der Waals surface area contributed by atoms with Crippen LogP contribution < -0.4 is 10.2 Å². The Kier molecular flexibility index (Phi) is 5.99. The summed E-state index contributed by atoms with van der Waals surface area (Å²) in [4.78, 5) is 7.37. The molecule has 0 atom stereocenters. The number of aromatic nitrogens is 2. The number of aryl methyl sites for hydroxylation is 1. The first-order chi connectivity index (χ1) is 15.5. The van der Waals surface area contributed by atoms with Crippen LogP contribution in [0.3, 0.4) is 0 Å². The zero-order chi connectivity index (χ0) is 22.2. The van der Waals surface area contributed by atoms with Gasteiger partial charge in [-0.2, -0.15) is 5.10 Å². The first kappa shape index (κ1) is 21.5. The molecule has 3 saturated heterocycles. The van der Waals surface area contributed by atoms with Crippen LogP contribution >= 0.6 is 0 Å². The van der Waals surface area contributed by atoms with E-state index in [1.807, 2.05) is 4.68 Å². The average Bonchev–Trinajstić information content (AvgIpc) is 3.11. The second-order valence-electron chi connectivity index (χ2n) is 10.1. The number of benzene rings is 1. The van der Waals surface area contributed by atoms with E-state index in [1.165, 1.54) is 74.9 Å². The molecule has 0 spiro atoms. The Balaban J connectivity index is 1.25. The number of likely N-dealkylation sites (tertiary alicyclic amines) is 2. The minimum absolute atomic E-state index is 0.654. The summed E-state index contributed by atoms with van der Waals surface area (Å²) in [6.45, 7) is 15.4. The molecule has 5 rings (SSSR count). The van der Waals surface area contributed by atoms with Gasteiger partial charge in [0.05, 0.1) is 5.52 Å². The molecular weight excluding hydrogens is 396 g/mol. The lowest BCUT2D eigenvalue weighted by atomic mass is 9.88. The number of nitrogens with one attached hydrogen (secondary N) is 1. The topological polar surface area (TPSA) is 39.6 Å². The molecule has 2 aromatic rings. The molecule has 0 aliphatic carbocycles. The van der Waals surface area contributed by atoms with Gasteiger partial charge in [0.2, 0.25) is 0 Å². The quantitative estimate of drug-likeness (QED) is 0.791. The molecule has 0 bridgehead atoms. The van der Waals surface area contributed by atoms with Gasteiger partial charge in [-0.1, -0.05) is 19.2 Å². The van der Waals surface area contributed by atoms with Crippen LogP contribution in [-0.2, 0) is 7.05 Å². The van der Waals surface area contributed by atoms with Gasteiger partial charge in [0.1, 0.15) is 5.82 Å². The second-order valence-corrected chi connectivity index (χ2v) is 10.1. The maximum absolute atomic E-state index is 4.86. The van der Waals surface area contributed by atoms with Gasteiger partial charge in [-0.3, -0.25) is 4.68 Å². The third kappa shape index (κ3) is 4.30. The van der Waals surface area contributed by atoms with E-state index < -0.39 is 0 Å². The van der Waals surface area contributed by atoms with Crippen LogP contribution in [0.5, 0.6) is 0 Å². The molecule has 3 aliphatic rings. The highest BCUT2D eigenvalue weighted by Gasteiger charge is 2.26. The van der Waals surface area contributed by atoms with E-state index in [-0.39, 0.29) is 0 Å². The number of rotatable bonds is 4. The molecule has 6 nitrogen and oxygen atoms in total. The zero-order valence-corrected chi connectivity index (χ0v) is 19.8. The van der Waals surface area contributed by atoms with E-state index in [4.69, 9.17) is 5.10 Å². The molecule has 6 heteroatoms. The number of hydrogen-bond acceptors (Lipinski definition) is 5. The fraction of sp³-hybridized carbons (Fsp3) is 0.577. The fourth-order valence-electron chi connectivity index (χ4n) is 5.72. The van der Waals surface area contributed by atoms with Crippen molar-refractivity contribution in [2.24, 2.45) is 13.0 Å². The second kappa shape index (κ2) is 8.91. The van der Waals surface area contributed by atoms with Crippen molar-refractivity contribution in [3.63, 3.8) is 0 Å². The summed E-state index contributed by atoms with van der Waals surface area (Å²) in [6, 6.07) is 6.99. The molecule has 32 heavy (non-hydrogen) atoms. The van der Waals surface area contributed by atoms with Gasteiger partial charge in [-0.05, 0) is 88.4 Å². The molecule has 1 aromatic carbocycles. The van der Waals surface area contributed by atoms with Crippen LogP contribution in [0.25, 0.3) is 10.9 Å². The number of piperidine rings is 2. The minimum Gasteiger partial charge on any atom is -0.346 e. The molecule has 1 N–H and O–H groups in total. The highest BCUT2D eigenvalue weighted by molar-refractivity contribution is 5.92. The Labute approximate surface area is 192 Å². The minimum atomic E-state index is 0.654. The van der Waals surface area contributed by atoms with Crippen molar-refractivity contribution in [3.8, 4) is 0 Å². The first-order valence-corrected chi connectivity index (χ1v) is 12.3. The Bertz CT molecular complexity index is 991. The molecule has 3 fully saturated rings. The lowest BCUT2D eigenvalue weighted by molar-refractivity contribution is 0.139. The van der Waals surface area contributed by atoms with E-state index in [0.29, 0.717) is 5.92 Å². The Morgan fingerprint density at radius 3 is 2.47 bits per heavy atom. The molecule has 0 amide bonds. The van der Waals surface area contributed by atoms with Crippen LogP contribution in [0.15, 0.2) is 42.9 Å². The molecule has 4 heterocycles. The third-order valence-corrected chi connectivity index (χ3v) is 7.81. The maximum atomic E-state index is 4.86. The lowest BCUT2D eigenvalue weighted by Gasteiger charge is -2.37. The van der Waals surface area contributed by atoms with Crippen molar-refractivity contribution in [3.05, 3.63) is 48.4 Å². The van der Waals surface area contributed by atoms with Gasteiger partial charge in [0, 0.05) is 37.6 Å². The van der Waals surface area contributed by atoms with Gasteiger partial charge >= 0.3 is 0 Å². The number of nitrogens with zero attached hydrogens (tertiary/aromatic N) is 5. The van der Waals surface area contributed by atoms with Gasteiger partial charge in [-0.25, -0.2) is 0 Å². The molecule has 0 unspecified atom stereocenters. The van der Waals surface area contributed by atoms with Gasteiger partial charge < -0.3 is 20.0 Å². The summed E-state index contributed by atoms with van der Waals surface area (Å²) in [7, 11) is 4.30. The standard InChI is InChI=1S/C26H38N6/c1-19-7-16-32(20(2)27-19)26-24-6-5-23(17-25(24)30(4)28-26)22-10-14-31(15-11-22)18-21-8-12-29(3)13-9-21/h5-6,17,21-22,27H,1-2,7-16,18H2,3-4H3. The normalized spacial score (nSPS) is 22.6. The average molecular weight is 435 g/mol. The van der Waals surface area contributed by atoms with Crippen LogP contribution in [0.2, 0.25) is 0 Å². The van der Waals surface area contributed by atoms with Crippen molar-refractivity contribution < 1.29 is 0 Å². The maximum Gasteiger partial charge on any atom is 0.164 e. The molecule has 3 aliphatic heterocycles. The van der Waals surface area contributed by atoms with Crippen molar-refractivity contribution in [2.75, 3.05) is 51.2 Å². The van der Waals surface area contributed by atoms with Crippen LogP contribution in [-0.4, -0.2) is 65.9 Å². The predicted octanol–water partition coefficient (Wildman–Crippen LogP) is 3.88. The number of anilines is 1. The Hall–Kier alpha value is -2.31. The first-order valence-electron chi connectivity index (χ1n) is 12.3. The smallest absolute Gasteiger partial charge is 0.164 e. The molecular formula is C26H38N6. The van der Waals surface area contributed by atoms with E-state index in [2.05, 4.69) is 65.5 Å². The number of fused-ring (bicyclic) bond motifs is 1. The summed E-state index contributed by atoms with van der Waals surface area (Å²) in [5.74, 6) is 3.40. The Morgan fingerprint density at radius 1 is 1.00 bits per heavy atom. The van der Waals surface area contributed by atoms with Crippen LogP contribution in [0.4, 0.5) is 5.82 Å². The van der Waals surface area contributed by atoms with Crippen molar-refractivity contribution >= 4 is 16.7 Å². The highest BCUT2D eigenvalue weighted by Crippen LogP contribution is 2.35.